The number of nitro groups is 1. The van der Waals surface area contributed by atoms with Gasteiger partial charge >= 0.3 is 0 Å². The van der Waals surface area contributed by atoms with E-state index in [1.54, 1.807) is 12.1 Å². The lowest BCUT2D eigenvalue weighted by molar-refractivity contribution is -0.384. The summed E-state index contributed by atoms with van der Waals surface area (Å²) in [5, 5.41) is 19.2. The summed E-state index contributed by atoms with van der Waals surface area (Å²) in [5.41, 5.74) is 0.363. The van der Waals surface area contributed by atoms with Crippen molar-refractivity contribution < 1.29 is 9.66 Å². The second-order valence-corrected chi connectivity index (χ2v) is 3.35. The van der Waals surface area contributed by atoms with Crippen LogP contribution >= 0.6 is 0 Å². The molecular weight excluding hydrogens is 234 g/mol. The Labute approximate surface area is 102 Å². The second kappa shape index (κ2) is 4.93. The number of nitrogens with zero attached hydrogens (tertiary/aromatic N) is 3. The molecule has 0 N–H and O–H groups in total. The Morgan fingerprint density at radius 1 is 1.33 bits per heavy atom. The van der Waals surface area contributed by atoms with Gasteiger partial charge in [0, 0.05) is 18.3 Å². The summed E-state index contributed by atoms with van der Waals surface area (Å²) in [6, 6.07) is 10.8. The minimum absolute atomic E-state index is 0.0545. The summed E-state index contributed by atoms with van der Waals surface area (Å²) in [6.07, 6.45) is 1.37. The lowest BCUT2D eigenvalue weighted by Crippen LogP contribution is -1.91. The van der Waals surface area contributed by atoms with E-state index in [-0.39, 0.29) is 11.6 Å². The Bertz CT molecular complexity index is 617. The average Bonchev–Trinajstić information content (AvgIpc) is 2.40. The minimum atomic E-state index is -0.501. The van der Waals surface area contributed by atoms with Crippen molar-refractivity contribution in [2.45, 2.75) is 0 Å². The minimum Gasteiger partial charge on any atom is -0.439 e. The zero-order chi connectivity index (χ0) is 13.0. The molecule has 0 saturated heterocycles. The van der Waals surface area contributed by atoms with E-state index in [9.17, 15) is 10.1 Å². The van der Waals surface area contributed by atoms with Crippen molar-refractivity contribution in [3.63, 3.8) is 0 Å². The van der Waals surface area contributed by atoms with Crippen LogP contribution in [0.3, 0.4) is 0 Å². The number of non-ortho nitro benzene ring substituents is 1. The maximum absolute atomic E-state index is 10.6. The second-order valence-electron chi connectivity index (χ2n) is 3.35. The van der Waals surface area contributed by atoms with E-state index in [1.165, 1.54) is 30.5 Å². The number of nitro benzene ring substituents is 1. The summed E-state index contributed by atoms with van der Waals surface area (Å²) in [7, 11) is 0. The first-order chi connectivity index (χ1) is 8.69. The van der Waals surface area contributed by atoms with E-state index < -0.39 is 4.92 Å². The van der Waals surface area contributed by atoms with E-state index in [1.807, 2.05) is 6.07 Å². The number of hydrogen-bond donors (Lipinski definition) is 0. The molecule has 0 bridgehead atoms. The largest absolute Gasteiger partial charge is 0.439 e. The predicted molar refractivity (Wildman–Crippen MR) is 62.1 cm³/mol. The lowest BCUT2D eigenvalue weighted by Gasteiger charge is -2.03. The molecule has 1 aromatic heterocycles. The highest BCUT2D eigenvalue weighted by Gasteiger charge is 2.07. The summed E-state index contributed by atoms with van der Waals surface area (Å²) < 4.78 is 5.34. The van der Waals surface area contributed by atoms with Gasteiger partial charge in [0.2, 0.25) is 5.88 Å². The van der Waals surface area contributed by atoms with Gasteiger partial charge in [0.05, 0.1) is 16.6 Å². The molecule has 0 radical (unpaired) electrons. The van der Waals surface area contributed by atoms with Crippen LogP contribution in [-0.4, -0.2) is 9.91 Å². The summed E-state index contributed by atoms with van der Waals surface area (Å²) >= 11 is 0. The Kier molecular flexibility index (Phi) is 3.16. The molecule has 2 aromatic rings. The van der Waals surface area contributed by atoms with Crippen LogP contribution in [-0.2, 0) is 0 Å². The smallest absolute Gasteiger partial charge is 0.273 e. The van der Waals surface area contributed by atoms with Crippen LogP contribution in [0.5, 0.6) is 11.6 Å². The number of nitriles is 1. The number of rotatable bonds is 3. The Morgan fingerprint density at radius 3 is 2.78 bits per heavy atom. The van der Waals surface area contributed by atoms with Crippen molar-refractivity contribution in [3.05, 3.63) is 58.3 Å². The number of hydrogen-bond acceptors (Lipinski definition) is 5. The zero-order valence-electron chi connectivity index (χ0n) is 9.11. The molecule has 0 saturated carbocycles. The van der Waals surface area contributed by atoms with Crippen LogP contribution in [0.2, 0.25) is 0 Å². The molecule has 1 aromatic carbocycles. The lowest BCUT2D eigenvalue weighted by atomic mass is 10.3. The third-order valence-electron chi connectivity index (χ3n) is 2.12. The highest BCUT2D eigenvalue weighted by molar-refractivity contribution is 5.40. The van der Waals surface area contributed by atoms with Gasteiger partial charge in [-0.15, -0.1) is 0 Å². The number of aromatic nitrogens is 1. The topological polar surface area (TPSA) is 89.0 Å². The van der Waals surface area contributed by atoms with Gasteiger partial charge in [-0.1, -0.05) is 6.07 Å². The molecule has 0 aliphatic rings. The Balaban J connectivity index is 2.20. The molecule has 0 fully saturated rings. The summed E-state index contributed by atoms with van der Waals surface area (Å²) in [6.45, 7) is 0. The third-order valence-corrected chi connectivity index (χ3v) is 2.12. The standard InChI is InChI=1S/C12H7N3O3/c13-7-9-4-5-12(14-8-9)18-11-3-1-2-10(6-11)15(16)17/h1-6,8H. The van der Waals surface area contributed by atoms with Crippen LogP contribution in [0.15, 0.2) is 42.6 Å². The first kappa shape index (κ1) is 11.5. The van der Waals surface area contributed by atoms with E-state index in [0.29, 0.717) is 11.3 Å². The molecule has 0 spiro atoms. The Morgan fingerprint density at radius 2 is 2.17 bits per heavy atom. The normalized spacial score (nSPS) is 9.50. The van der Waals surface area contributed by atoms with Gasteiger partial charge < -0.3 is 4.74 Å². The summed E-state index contributed by atoms with van der Waals surface area (Å²) in [4.78, 5) is 14.0. The van der Waals surface area contributed by atoms with Crippen LogP contribution in [0.1, 0.15) is 5.56 Å². The molecule has 0 unspecified atom stereocenters. The maximum atomic E-state index is 10.6. The molecule has 6 heteroatoms. The number of ether oxygens (including phenoxy) is 1. The van der Waals surface area contributed by atoms with Crippen molar-refractivity contribution in [1.82, 2.24) is 4.98 Å². The van der Waals surface area contributed by atoms with Gasteiger partial charge in [-0.05, 0) is 12.1 Å². The van der Waals surface area contributed by atoms with E-state index in [2.05, 4.69) is 4.98 Å². The quantitative estimate of drug-likeness (QED) is 0.608. The molecule has 1 heterocycles. The van der Waals surface area contributed by atoms with Crippen LogP contribution in [0.25, 0.3) is 0 Å². The van der Waals surface area contributed by atoms with Crippen LogP contribution < -0.4 is 4.74 Å². The molecule has 88 valence electrons. The van der Waals surface area contributed by atoms with Gasteiger partial charge in [-0.2, -0.15) is 5.26 Å². The molecule has 0 aliphatic carbocycles. The van der Waals surface area contributed by atoms with E-state index >= 15 is 0 Å². The van der Waals surface area contributed by atoms with E-state index in [4.69, 9.17) is 10.00 Å². The van der Waals surface area contributed by atoms with E-state index in [0.717, 1.165) is 0 Å². The SMILES string of the molecule is N#Cc1ccc(Oc2cccc([N+](=O)[O-])c2)nc1. The number of benzene rings is 1. The molecule has 18 heavy (non-hydrogen) atoms. The predicted octanol–water partition coefficient (Wildman–Crippen LogP) is 2.65. The molecule has 6 nitrogen and oxygen atoms in total. The first-order valence-corrected chi connectivity index (χ1v) is 4.97. The van der Waals surface area contributed by atoms with Crippen molar-refractivity contribution in [2.75, 3.05) is 0 Å². The van der Waals surface area contributed by atoms with Gasteiger partial charge in [0.1, 0.15) is 11.8 Å². The molecule has 0 atom stereocenters. The average molecular weight is 241 g/mol. The van der Waals surface area contributed by atoms with Crippen LogP contribution in [0.4, 0.5) is 5.69 Å². The molecule has 0 aliphatic heterocycles. The highest BCUT2D eigenvalue weighted by Crippen LogP contribution is 2.23. The fourth-order valence-electron chi connectivity index (χ4n) is 1.29. The molecular formula is C12H7N3O3. The van der Waals surface area contributed by atoms with Gasteiger partial charge in [-0.3, -0.25) is 10.1 Å². The van der Waals surface area contributed by atoms with Gasteiger partial charge in [-0.25, -0.2) is 4.98 Å². The number of pyridine rings is 1. The highest BCUT2D eigenvalue weighted by atomic mass is 16.6. The Hall–Kier alpha value is -2.94. The monoisotopic (exact) mass is 241 g/mol. The fourth-order valence-corrected chi connectivity index (χ4v) is 1.29. The van der Waals surface area contributed by atoms with Gasteiger partial charge in [0.15, 0.2) is 0 Å². The van der Waals surface area contributed by atoms with Crippen molar-refractivity contribution >= 4 is 5.69 Å². The fraction of sp³-hybridized carbons (Fsp3) is 0. The zero-order valence-corrected chi connectivity index (χ0v) is 9.11. The first-order valence-electron chi connectivity index (χ1n) is 4.97. The van der Waals surface area contributed by atoms with Crippen LogP contribution in [0, 0.1) is 21.4 Å². The molecule has 2 rings (SSSR count). The molecule has 0 amide bonds. The summed E-state index contributed by atoms with van der Waals surface area (Å²) in [5.74, 6) is 0.593. The van der Waals surface area contributed by atoms with Crippen molar-refractivity contribution in [2.24, 2.45) is 0 Å². The van der Waals surface area contributed by atoms with Crippen molar-refractivity contribution in [1.29, 1.82) is 5.26 Å². The van der Waals surface area contributed by atoms with Gasteiger partial charge in [0.25, 0.3) is 5.69 Å². The third kappa shape index (κ3) is 2.59. The maximum Gasteiger partial charge on any atom is 0.273 e. The van der Waals surface area contributed by atoms with Crippen molar-refractivity contribution in [3.8, 4) is 17.7 Å².